The summed E-state index contributed by atoms with van der Waals surface area (Å²) < 4.78 is 0. The maximum Gasteiger partial charge on any atom is 0.177 e. The molecule has 78 valence electrons. The average molecular weight is 203 g/mol. The Labute approximate surface area is 77.8 Å². The fraction of sp³-hybridized carbons (Fsp3) is 0. The molecule has 0 saturated carbocycles. The molecule has 0 unspecified atom stereocenters. The van der Waals surface area contributed by atoms with E-state index in [1.54, 1.807) is 21.9 Å². The predicted molar refractivity (Wildman–Crippen MR) is 45.9 cm³/mol. The second-order valence-corrected chi connectivity index (χ2v) is 2.23. The number of nitrogens with one attached hydrogen (secondary N) is 4. The number of anilines is 4. The van der Waals surface area contributed by atoms with Crippen molar-refractivity contribution in [2.24, 2.45) is 0 Å². The highest BCUT2D eigenvalue weighted by molar-refractivity contribution is 5.75. The molecule has 1 aromatic rings. The predicted octanol–water partition coefficient (Wildman–Crippen LogP) is 0.286. The van der Waals surface area contributed by atoms with Crippen LogP contribution < -0.4 is 21.9 Å². The fourth-order valence-electron chi connectivity index (χ4n) is 0.854. The van der Waals surface area contributed by atoms with Crippen LogP contribution in [0.1, 0.15) is 0 Å². The molecule has 0 atom stereocenters. The maximum absolute atomic E-state index is 8.60. The molecular formula is C5H9N5O4. The highest BCUT2D eigenvalue weighted by Gasteiger charge is 2.10. The van der Waals surface area contributed by atoms with Crippen LogP contribution >= 0.6 is 0 Å². The van der Waals surface area contributed by atoms with E-state index in [2.05, 4.69) is 4.98 Å². The Morgan fingerprint density at radius 2 is 1.21 bits per heavy atom. The Balaban J connectivity index is 3.20. The Kier molecular flexibility index (Phi) is 3.25. The minimum atomic E-state index is -0.136. The van der Waals surface area contributed by atoms with Crippen LogP contribution in [0.15, 0.2) is 6.07 Å². The van der Waals surface area contributed by atoms with Crippen molar-refractivity contribution in [1.29, 1.82) is 0 Å². The Hall–Kier alpha value is -1.81. The summed E-state index contributed by atoms with van der Waals surface area (Å²) in [6.45, 7) is 0. The Morgan fingerprint density at radius 1 is 0.786 bits per heavy atom. The van der Waals surface area contributed by atoms with Crippen molar-refractivity contribution >= 4 is 23.0 Å². The van der Waals surface area contributed by atoms with Crippen LogP contribution in [-0.4, -0.2) is 25.8 Å². The van der Waals surface area contributed by atoms with Gasteiger partial charge in [0.15, 0.2) is 11.6 Å². The van der Waals surface area contributed by atoms with E-state index in [1.165, 1.54) is 6.07 Å². The van der Waals surface area contributed by atoms with E-state index in [4.69, 9.17) is 20.8 Å². The van der Waals surface area contributed by atoms with Gasteiger partial charge in [-0.05, 0) is 6.07 Å². The summed E-state index contributed by atoms with van der Waals surface area (Å²) in [5.41, 5.74) is 6.82. The van der Waals surface area contributed by atoms with E-state index in [0.29, 0.717) is 0 Å². The third-order valence-electron chi connectivity index (χ3n) is 1.48. The van der Waals surface area contributed by atoms with Gasteiger partial charge >= 0.3 is 0 Å². The topological polar surface area (TPSA) is 142 Å². The van der Waals surface area contributed by atoms with Crippen LogP contribution in [0, 0.1) is 0 Å². The highest BCUT2D eigenvalue weighted by Crippen LogP contribution is 2.28. The van der Waals surface area contributed by atoms with Gasteiger partial charge in [0.25, 0.3) is 0 Å². The van der Waals surface area contributed by atoms with Crippen molar-refractivity contribution in [3.05, 3.63) is 6.07 Å². The molecule has 0 fully saturated rings. The van der Waals surface area contributed by atoms with Crippen LogP contribution in [0.4, 0.5) is 23.0 Å². The number of aromatic nitrogens is 1. The van der Waals surface area contributed by atoms with Crippen LogP contribution in [0.3, 0.4) is 0 Å². The van der Waals surface area contributed by atoms with Crippen molar-refractivity contribution < 1.29 is 20.8 Å². The number of hydrogen-bond donors (Lipinski definition) is 8. The molecule has 9 nitrogen and oxygen atoms in total. The lowest BCUT2D eigenvalue weighted by Crippen LogP contribution is -2.06. The van der Waals surface area contributed by atoms with E-state index in [9.17, 15) is 0 Å². The largest absolute Gasteiger partial charge is 0.291 e. The number of rotatable bonds is 4. The van der Waals surface area contributed by atoms with Gasteiger partial charge in [-0.3, -0.25) is 42.7 Å². The zero-order valence-electron chi connectivity index (χ0n) is 6.81. The van der Waals surface area contributed by atoms with Gasteiger partial charge in [-0.1, -0.05) is 0 Å². The smallest absolute Gasteiger partial charge is 0.177 e. The maximum atomic E-state index is 8.60. The van der Waals surface area contributed by atoms with Gasteiger partial charge in [0, 0.05) is 0 Å². The molecule has 1 rings (SSSR count). The highest BCUT2D eigenvalue weighted by atomic mass is 16.5. The fourth-order valence-corrected chi connectivity index (χ4v) is 0.854. The zero-order chi connectivity index (χ0) is 10.6. The van der Waals surface area contributed by atoms with Crippen LogP contribution in [0.25, 0.3) is 0 Å². The molecule has 0 radical (unpaired) electrons. The number of hydrogen-bond acceptors (Lipinski definition) is 9. The summed E-state index contributed by atoms with van der Waals surface area (Å²) in [7, 11) is 0. The first-order valence-corrected chi connectivity index (χ1v) is 3.42. The summed E-state index contributed by atoms with van der Waals surface area (Å²) in [6.07, 6.45) is 0. The van der Waals surface area contributed by atoms with Crippen molar-refractivity contribution in [2.45, 2.75) is 0 Å². The minimum Gasteiger partial charge on any atom is -0.291 e. The molecule has 0 aliphatic carbocycles. The van der Waals surface area contributed by atoms with Gasteiger partial charge in [-0.15, -0.1) is 0 Å². The summed E-state index contributed by atoms with van der Waals surface area (Å²) in [5, 5.41) is 34.4. The first kappa shape index (κ1) is 10.3. The summed E-state index contributed by atoms with van der Waals surface area (Å²) >= 11 is 0. The first-order valence-electron chi connectivity index (χ1n) is 3.42. The third kappa shape index (κ3) is 1.75. The summed E-state index contributed by atoms with van der Waals surface area (Å²) in [4.78, 5) is 3.58. The molecule has 1 aromatic heterocycles. The van der Waals surface area contributed by atoms with E-state index in [0.717, 1.165) is 0 Å². The molecule has 0 saturated heterocycles. The molecule has 8 N–H and O–H groups in total. The van der Waals surface area contributed by atoms with Crippen molar-refractivity contribution in [3.8, 4) is 0 Å². The van der Waals surface area contributed by atoms with E-state index >= 15 is 0 Å². The number of nitrogens with zero attached hydrogens (tertiary/aromatic N) is 1. The molecule has 1 heterocycles. The molecule has 0 aromatic carbocycles. The lowest BCUT2D eigenvalue weighted by molar-refractivity contribution is 0.368. The van der Waals surface area contributed by atoms with Gasteiger partial charge in [-0.2, -0.15) is 0 Å². The monoisotopic (exact) mass is 203 g/mol. The SMILES string of the molecule is ONc1cc(NO)c(NO)nc1NO. The molecule has 0 spiro atoms. The Morgan fingerprint density at radius 3 is 1.50 bits per heavy atom. The summed E-state index contributed by atoms with van der Waals surface area (Å²) in [5.74, 6) is -0.272. The number of pyridine rings is 1. The van der Waals surface area contributed by atoms with Crippen LogP contribution in [0.2, 0.25) is 0 Å². The Bertz CT molecular complexity index is 261. The van der Waals surface area contributed by atoms with E-state index in [1.807, 2.05) is 0 Å². The quantitative estimate of drug-likeness (QED) is 0.324. The van der Waals surface area contributed by atoms with E-state index < -0.39 is 0 Å². The normalized spacial score (nSPS) is 9.43. The van der Waals surface area contributed by atoms with Gasteiger partial charge in [0.2, 0.25) is 0 Å². The minimum absolute atomic E-state index is 0.00282. The van der Waals surface area contributed by atoms with Gasteiger partial charge in [0.05, 0.1) is 0 Å². The van der Waals surface area contributed by atoms with Gasteiger partial charge in [-0.25, -0.2) is 4.98 Å². The third-order valence-corrected chi connectivity index (χ3v) is 1.48. The second kappa shape index (κ2) is 4.43. The molecule has 0 bridgehead atoms. The van der Waals surface area contributed by atoms with Gasteiger partial charge in [0.1, 0.15) is 11.4 Å². The zero-order valence-corrected chi connectivity index (χ0v) is 6.81. The molecule has 14 heavy (non-hydrogen) atoms. The molecule has 0 aliphatic rings. The van der Waals surface area contributed by atoms with E-state index in [-0.39, 0.29) is 23.0 Å². The van der Waals surface area contributed by atoms with Crippen molar-refractivity contribution in [3.63, 3.8) is 0 Å². The lowest BCUT2D eigenvalue weighted by Gasteiger charge is -2.11. The lowest BCUT2D eigenvalue weighted by atomic mass is 10.3. The van der Waals surface area contributed by atoms with Crippen molar-refractivity contribution in [2.75, 3.05) is 21.9 Å². The van der Waals surface area contributed by atoms with Crippen LogP contribution in [0.5, 0.6) is 0 Å². The van der Waals surface area contributed by atoms with Crippen LogP contribution in [-0.2, 0) is 0 Å². The molecule has 0 amide bonds. The summed E-state index contributed by atoms with van der Waals surface area (Å²) in [6, 6.07) is 1.18. The molecule has 9 heteroatoms. The van der Waals surface area contributed by atoms with Crippen molar-refractivity contribution in [1.82, 2.24) is 4.98 Å². The standard InChI is InChI=1S/C5H9N5O4/c11-7-2-1-3(8-12)5(10-14)6-4(2)9-13/h1,7-8,11-14H,(H2,6,9,10). The van der Waals surface area contributed by atoms with Gasteiger partial charge < -0.3 is 0 Å². The first-order chi connectivity index (χ1) is 6.76. The molecular weight excluding hydrogens is 194 g/mol. The second-order valence-electron chi connectivity index (χ2n) is 2.23. The average Bonchev–Trinajstić information content (AvgIpc) is 2.26. The molecule has 0 aliphatic heterocycles.